The number of nitrogens with zero attached hydrogens (tertiary/aromatic N) is 9. The van der Waals surface area contributed by atoms with E-state index < -0.39 is 29.7 Å². The molecule has 23 nitrogen and oxygen atoms in total. The third-order valence-corrected chi connectivity index (χ3v) is 37.8. The molecule has 15 aromatic rings. The van der Waals surface area contributed by atoms with Gasteiger partial charge in [0.15, 0.2) is 0 Å². The van der Waals surface area contributed by atoms with Crippen LogP contribution in [0.4, 0.5) is 11.4 Å². The summed E-state index contributed by atoms with van der Waals surface area (Å²) >= 11 is 46.8. The Bertz CT molecular complexity index is 6710. The maximum atomic E-state index is 13.9. The Morgan fingerprint density at radius 3 is 0.978 bits per heavy atom. The topological polar surface area (TPSA) is 317 Å². The molecule has 3 aliphatic rings. The summed E-state index contributed by atoms with van der Waals surface area (Å²) < 4.78 is 62.5. The summed E-state index contributed by atoms with van der Waals surface area (Å²) in [6.07, 6.45) is 26.0. The van der Waals surface area contributed by atoms with Gasteiger partial charge in [-0.05, 0) is 244 Å². The number of ether oxygens (including phenoxy) is 4. The molecule has 18 rings (SSSR count). The highest BCUT2D eigenvalue weighted by Crippen LogP contribution is 2.58. The minimum absolute atomic E-state index is 0.0915. The van der Waals surface area contributed by atoms with Crippen LogP contribution in [0.25, 0.3) is 115 Å². The molecule has 0 aliphatic carbocycles. The van der Waals surface area contributed by atoms with Gasteiger partial charge in [-0.15, -0.1) is 102 Å². The molecule has 0 saturated heterocycles. The fourth-order valence-electron chi connectivity index (χ4n) is 15.0. The van der Waals surface area contributed by atoms with Crippen LogP contribution >= 0.6 is 265 Å². The highest BCUT2D eigenvalue weighted by Gasteiger charge is 2.44. The Morgan fingerprint density at radius 2 is 0.669 bits per heavy atom. The average Bonchev–Trinajstić information content (AvgIpc) is 1.55. The monoisotopic (exact) mass is 2580 g/mol. The van der Waals surface area contributed by atoms with Gasteiger partial charge < -0.3 is 24.7 Å². The van der Waals surface area contributed by atoms with E-state index in [1.807, 2.05) is 84.6 Å². The first-order valence-electron chi connectivity index (χ1n) is 42.4. The summed E-state index contributed by atoms with van der Waals surface area (Å²) in [6.45, 7) is 6.10. The number of nitrogens with two attached hydrogens (primary N) is 1. The van der Waals surface area contributed by atoms with Crippen molar-refractivity contribution < 1.29 is 57.3 Å². The number of amides is 4. The summed E-state index contributed by atoms with van der Waals surface area (Å²) in [5, 5.41) is 2.44. The van der Waals surface area contributed by atoms with E-state index in [0.717, 1.165) is 143 Å². The second-order valence-electron chi connectivity index (χ2n) is 29.9. The third-order valence-electron chi connectivity index (χ3n) is 21.1. The smallest absolute Gasteiger partial charge is 0.384 e. The zero-order chi connectivity index (χ0) is 96.6. The molecule has 4 amide bonds. The van der Waals surface area contributed by atoms with Gasteiger partial charge in [-0.3, -0.25) is 34.2 Å². The van der Waals surface area contributed by atoms with Crippen LogP contribution < -0.4 is 11.1 Å². The van der Waals surface area contributed by atoms with Gasteiger partial charge in [0.25, 0.3) is 30.1 Å². The van der Waals surface area contributed by atoms with Crippen molar-refractivity contribution in [1.29, 1.82) is 0 Å². The Hall–Kier alpha value is -6.24. The van der Waals surface area contributed by atoms with Crippen LogP contribution in [-0.4, -0.2) is 114 Å². The van der Waals surface area contributed by atoms with Crippen molar-refractivity contribution in [3.63, 3.8) is 0 Å². The van der Waals surface area contributed by atoms with Crippen molar-refractivity contribution in [2.45, 2.75) is 149 Å². The molecule has 15 heterocycles. The average molecular weight is 2590 g/mol. The quantitative estimate of drug-likeness (QED) is 0.00734. The van der Waals surface area contributed by atoms with E-state index in [1.54, 1.807) is 34.0 Å². The molecule has 0 atom stereocenters. The van der Waals surface area contributed by atoms with Crippen LogP contribution in [0.2, 0.25) is 0 Å². The molecule has 3 aromatic carbocycles. The van der Waals surface area contributed by atoms with E-state index in [9.17, 15) is 38.4 Å². The first-order chi connectivity index (χ1) is 65.9. The molecule has 3 aliphatic heterocycles. The van der Waals surface area contributed by atoms with Crippen LogP contribution in [0, 0.1) is 11.8 Å². The molecule has 0 fully saturated rings. The number of nitrogens with one attached hydrogen (secondary N) is 1. The lowest BCUT2D eigenvalue weighted by Gasteiger charge is -2.17. The minimum atomic E-state index is -0.759. The van der Waals surface area contributed by atoms with Crippen LogP contribution in [0.3, 0.4) is 0 Å². The fourth-order valence-corrected chi connectivity index (χ4v) is 30.1. The Balaban J connectivity index is 0.000000145. The Kier molecular flexibility index (Phi) is 41.5. The highest BCUT2D eigenvalue weighted by atomic mass is 79.9. The second kappa shape index (κ2) is 52.7. The number of hydrogen-bond acceptors (Lipinski definition) is 33. The molecular weight excluding hydrogens is 2510 g/mol. The maximum Gasteiger partial charge on any atom is 0.384 e. The Labute approximate surface area is 903 Å². The first-order valence-corrected chi connectivity index (χ1v) is 59.1. The summed E-state index contributed by atoms with van der Waals surface area (Å²) in [5.41, 5.74) is 18.1. The van der Waals surface area contributed by atoms with Crippen molar-refractivity contribution >= 4 is 368 Å². The standard InChI is InChI=1S/C28H29Br2N3O2S3.C18H10Br2N2O4S3.C16H5Br2N3O2S3.C12H4Br2N2S4.C12H27N.C6H6O4/c1-2-3-4-5-6-7-8-9-10-11-16-33-27(34)23-21(17-12-14-19(29)36-17)25-26(32-38-31-25)22(24(23)28(33)35)18-13-15-20(30)37-18;1-25-18(24)14-8(6-26-7-23)13(9-2-4-11(19)27-9)16-17(22-29-21-16)15(14)10-3-5-12(20)28-10;17-7-3-1-5(24-7)9-11-12(16(23)19-15(11)22)10(6-2-4-8(18)25-6)14-13(9)20-26-21-14;13-7-3-1-5(17-7)11-9-10(16-20-15-9)12(19-11)6-2-4-8(14)18-6;1-2-3-4-5-6-7-8-9-10-11-12-13;1-9-5(7)3-4-6(8)10-2/h12-15H,2-11,16H2,1H3;2-5,7H,6H2,1H3;1-4H,(H,19,22,23);1-4H;2-13H2,1H3;1-2H3. The van der Waals surface area contributed by atoms with Gasteiger partial charge in [0.1, 0.15) is 51.1 Å². The van der Waals surface area contributed by atoms with Gasteiger partial charge >= 0.3 is 17.9 Å². The predicted octanol–water partition coefficient (Wildman–Crippen LogP) is 32.5. The van der Waals surface area contributed by atoms with E-state index in [1.165, 1.54) is 234 Å². The predicted molar refractivity (Wildman–Crippen MR) is 590 cm³/mol. The van der Waals surface area contributed by atoms with E-state index in [-0.39, 0.29) is 18.4 Å². The van der Waals surface area contributed by atoms with Gasteiger partial charge in [0, 0.05) is 96.3 Å². The number of carbonyl (C=O) groups is 8. The van der Waals surface area contributed by atoms with Gasteiger partial charge in [-0.1, -0.05) is 129 Å². The Morgan fingerprint density at radius 1 is 0.375 bits per heavy atom. The number of imide groups is 2. The SMILES string of the molecule is Brc1ccc(-c2sc(-c3ccc(Br)s3)c3c2N=S=N3)s1.CCCCCCCCCCCCN.CCCCCCCCCCCCN1C(=O)c2c(c(-c3ccc(Br)s3)c3nsnc3c2-c2ccc(Br)s2)C1=O.COC(=O)C#CC(=O)OC.COC(=O)c1c(COC=O)c(-c2ccc(Br)s2)c2nsnc2c1-c1ccc(Br)s1.O=C1NC(=O)c2c1c(-c1ccc(Br)s1)c1nsnc1c2-c1ccc(Br)s1. The zero-order valence-electron chi connectivity index (χ0n) is 72.9. The summed E-state index contributed by atoms with van der Waals surface area (Å²) in [7, 11) is 3.67. The summed E-state index contributed by atoms with van der Waals surface area (Å²) in [4.78, 5) is 109. The number of halogens is 8. The van der Waals surface area contributed by atoms with Crippen molar-refractivity contribution in [3.05, 3.63) is 161 Å². The molecule has 136 heavy (non-hydrogen) atoms. The second-order valence-corrected chi connectivity index (χ2v) is 52.7. The number of esters is 3. The van der Waals surface area contributed by atoms with Gasteiger partial charge in [-0.25, -0.2) is 14.4 Å². The number of aromatic nitrogens is 6. The lowest BCUT2D eigenvalue weighted by atomic mass is 9.92. The maximum absolute atomic E-state index is 13.9. The first kappa shape index (κ1) is 107. The number of methoxy groups -OCH3 is 3. The largest absolute Gasteiger partial charge is 0.465 e. The highest BCUT2D eigenvalue weighted by molar-refractivity contribution is 9.12. The van der Waals surface area contributed by atoms with Crippen LogP contribution in [0.1, 0.15) is 200 Å². The number of benzene rings is 3. The number of fused-ring (bicyclic) bond motifs is 6. The van der Waals surface area contributed by atoms with Crippen molar-refractivity contribution in [3.8, 4) is 94.0 Å². The van der Waals surface area contributed by atoms with Crippen LogP contribution in [0.5, 0.6) is 0 Å². The molecule has 0 radical (unpaired) electrons. The molecule has 3 N–H and O–H groups in total. The summed E-state index contributed by atoms with van der Waals surface area (Å²) in [6, 6.07) is 31.6. The van der Waals surface area contributed by atoms with Gasteiger partial charge in [0.05, 0.1) is 136 Å². The van der Waals surface area contributed by atoms with Gasteiger partial charge in [0.2, 0.25) is 0 Å². The van der Waals surface area contributed by atoms with Gasteiger partial charge in [-0.2, -0.15) is 35.0 Å². The lowest BCUT2D eigenvalue weighted by molar-refractivity contribution is -0.135. The number of rotatable bonds is 33. The van der Waals surface area contributed by atoms with E-state index in [0.29, 0.717) is 102 Å². The van der Waals surface area contributed by atoms with E-state index in [4.69, 9.17) is 15.2 Å². The molecule has 710 valence electrons. The molecule has 0 unspecified atom stereocenters. The van der Waals surface area contributed by atoms with E-state index in [2.05, 4.69) is 215 Å². The fraction of sp³-hybridized carbons (Fsp3) is 0.304. The molecule has 0 spiro atoms. The number of unbranched alkanes of at least 4 members (excludes halogenated alkanes) is 18. The molecular formula is C92H81Br8N11O12S13. The lowest BCUT2D eigenvalue weighted by Crippen LogP contribution is -2.30. The normalized spacial score (nSPS) is 12.0. The van der Waals surface area contributed by atoms with Crippen LogP contribution in [-0.2, 0) is 51.3 Å². The van der Waals surface area contributed by atoms with Crippen molar-refractivity contribution in [1.82, 2.24) is 36.5 Å². The van der Waals surface area contributed by atoms with Crippen molar-refractivity contribution in [2.75, 3.05) is 34.4 Å². The minimum Gasteiger partial charge on any atom is -0.465 e. The number of thiophene rings is 9. The number of hydrogen-bond donors (Lipinski definition) is 2. The molecule has 0 saturated carbocycles. The zero-order valence-corrected chi connectivity index (χ0v) is 96.2. The van der Waals surface area contributed by atoms with E-state index >= 15 is 0 Å². The molecule has 12 aromatic heterocycles. The van der Waals surface area contributed by atoms with Crippen LogP contribution in [0.15, 0.2) is 136 Å². The number of carbonyl (C=O) groups excluding carboxylic acids is 8. The molecule has 0 bridgehead atoms. The summed E-state index contributed by atoms with van der Waals surface area (Å²) in [5.74, 6) is 0.534. The van der Waals surface area contributed by atoms with Crippen molar-refractivity contribution in [2.24, 2.45) is 14.5 Å². The third kappa shape index (κ3) is 26.4. The molecule has 44 heteroatoms.